The van der Waals surface area contributed by atoms with Gasteiger partial charge in [-0.05, 0) is 60.4 Å². The molecule has 2 aliphatic rings. The van der Waals surface area contributed by atoms with Crippen LogP contribution in [-0.2, 0) is 14.3 Å². The van der Waals surface area contributed by atoms with Gasteiger partial charge in [-0.3, -0.25) is 9.59 Å². The van der Waals surface area contributed by atoms with Gasteiger partial charge < -0.3 is 35.6 Å². The van der Waals surface area contributed by atoms with Crippen LogP contribution in [0.4, 0.5) is 4.79 Å². The SMILES string of the molecule is CCNCC(=O)N1CCC[C@H]1c1ncc(-c2ccc(-c3ccc(-c4cnc([C@@H]5CCCN5C(=O)[C@@H](OC(N)=O)C(C)C)[nH]4)cc3)cc2)[nH]1. The minimum atomic E-state index is -0.953. The number of benzene rings is 2. The highest BCUT2D eigenvalue weighted by molar-refractivity contribution is 5.84. The monoisotopic (exact) mass is 652 g/mol. The lowest BCUT2D eigenvalue weighted by Gasteiger charge is -2.29. The van der Waals surface area contributed by atoms with E-state index in [1.807, 2.05) is 31.9 Å². The Morgan fingerprint density at radius 3 is 1.79 bits per heavy atom. The highest BCUT2D eigenvalue weighted by Crippen LogP contribution is 2.34. The third-order valence-corrected chi connectivity index (χ3v) is 9.27. The molecule has 0 spiro atoms. The summed E-state index contributed by atoms with van der Waals surface area (Å²) in [7, 11) is 0. The molecule has 0 aliphatic carbocycles. The highest BCUT2D eigenvalue weighted by atomic mass is 16.6. The van der Waals surface area contributed by atoms with Crippen molar-refractivity contribution in [2.24, 2.45) is 11.7 Å². The fraction of sp³-hybridized carbons (Fsp3) is 0.417. The molecule has 2 saturated heterocycles. The van der Waals surface area contributed by atoms with Gasteiger partial charge in [-0.25, -0.2) is 14.8 Å². The summed E-state index contributed by atoms with van der Waals surface area (Å²) in [6.07, 6.45) is 5.25. The fourth-order valence-electron chi connectivity index (χ4n) is 6.75. The summed E-state index contributed by atoms with van der Waals surface area (Å²) in [4.78, 5) is 57.2. The van der Waals surface area contributed by atoms with Gasteiger partial charge in [0.2, 0.25) is 5.91 Å². The van der Waals surface area contributed by atoms with Crippen molar-refractivity contribution >= 4 is 17.9 Å². The molecule has 2 aromatic heterocycles. The van der Waals surface area contributed by atoms with E-state index in [9.17, 15) is 14.4 Å². The lowest BCUT2D eigenvalue weighted by Crippen LogP contribution is -2.44. The number of ether oxygens (including phenoxy) is 1. The maximum absolute atomic E-state index is 13.3. The predicted molar refractivity (Wildman–Crippen MR) is 182 cm³/mol. The molecule has 2 aromatic carbocycles. The van der Waals surface area contributed by atoms with Crippen LogP contribution in [0.1, 0.15) is 70.2 Å². The van der Waals surface area contributed by atoms with Crippen LogP contribution >= 0.6 is 0 Å². The van der Waals surface area contributed by atoms with Gasteiger partial charge >= 0.3 is 6.09 Å². The van der Waals surface area contributed by atoms with Crippen LogP contribution < -0.4 is 11.1 Å². The van der Waals surface area contributed by atoms with E-state index in [4.69, 9.17) is 10.5 Å². The Morgan fingerprint density at radius 2 is 1.31 bits per heavy atom. The number of carbonyl (C=O) groups is 3. The Labute approximate surface area is 280 Å². The number of primary amides is 1. The first-order chi connectivity index (χ1) is 23.2. The first-order valence-electron chi connectivity index (χ1n) is 16.8. The van der Waals surface area contributed by atoms with Gasteiger partial charge in [0.05, 0.1) is 42.4 Å². The molecule has 252 valence electrons. The zero-order valence-corrected chi connectivity index (χ0v) is 27.7. The average Bonchev–Trinajstić information content (AvgIpc) is 3.92. The van der Waals surface area contributed by atoms with Gasteiger partial charge in [-0.15, -0.1) is 0 Å². The number of nitrogens with one attached hydrogen (secondary N) is 3. The summed E-state index contributed by atoms with van der Waals surface area (Å²) >= 11 is 0. The Morgan fingerprint density at radius 1 is 0.833 bits per heavy atom. The summed E-state index contributed by atoms with van der Waals surface area (Å²) in [6.45, 7) is 8.10. The number of amides is 3. The van der Waals surface area contributed by atoms with Crippen LogP contribution in [0.3, 0.4) is 0 Å². The van der Waals surface area contributed by atoms with Crippen LogP contribution in [0.25, 0.3) is 33.6 Å². The largest absolute Gasteiger partial charge is 0.436 e. The third-order valence-electron chi connectivity index (χ3n) is 9.27. The van der Waals surface area contributed by atoms with Crippen molar-refractivity contribution < 1.29 is 19.1 Å². The Hall–Kier alpha value is -4.97. The van der Waals surface area contributed by atoms with E-state index >= 15 is 0 Å². The van der Waals surface area contributed by atoms with Gasteiger partial charge in [0.25, 0.3) is 5.91 Å². The number of H-pyrrole nitrogens is 2. The lowest BCUT2D eigenvalue weighted by molar-refractivity contribution is -0.143. The number of carbonyl (C=O) groups excluding carboxylic acids is 3. The number of likely N-dealkylation sites (N-methyl/N-ethyl adjacent to an activating group) is 1. The van der Waals surface area contributed by atoms with E-state index < -0.39 is 12.2 Å². The molecule has 4 aromatic rings. The van der Waals surface area contributed by atoms with Crippen LogP contribution in [0, 0.1) is 5.92 Å². The van der Waals surface area contributed by atoms with Gasteiger partial charge in [-0.1, -0.05) is 69.3 Å². The van der Waals surface area contributed by atoms with E-state index in [-0.39, 0.29) is 29.8 Å². The average molecular weight is 653 g/mol. The summed E-state index contributed by atoms with van der Waals surface area (Å²) in [6, 6.07) is 16.4. The molecule has 2 fully saturated rings. The molecule has 0 radical (unpaired) electrons. The van der Waals surface area contributed by atoms with E-state index in [1.165, 1.54) is 0 Å². The van der Waals surface area contributed by atoms with Crippen molar-refractivity contribution in [2.45, 2.75) is 64.6 Å². The molecule has 3 amide bonds. The molecular formula is C36H44N8O4. The molecule has 5 N–H and O–H groups in total. The first-order valence-corrected chi connectivity index (χ1v) is 16.8. The molecule has 2 aliphatic heterocycles. The minimum absolute atomic E-state index is 0.0200. The number of aromatic amines is 2. The Kier molecular flexibility index (Phi) is 9.90. The second-order valence-electron chi connectivity index (χ2n) is 12.8. The third kappa shape index (κ3) is 6.98. The standard InChI is InChI=1S/C36H44N8O4/c1-4-38-21-31(45)43-17-5-7-29(43)33-39-19-27(41-33)25-13-9-23(10-14-25)24-11-15-26(16-12-24)28-20-40-34(42-28)30-8-6-18-44(30)35(46)32(22(2)3)48-36(37)47/h9-16,19-20,22,29-30,32,38H,4-8,17-18,21H2,1-3H3,(H2,37,47)(H,39,41)(H,40,42)/t29-,30-,32-/m0/s1. The summed E-state index contributed by atoms with van der Waals surface area (Å²) in [5, 5.41) is 3.13. The summed E-state index contributed by atoms with van der Waals surface area (Å²) in [5.74, 6) is 1.20. The molecular weight excluding hydrogens is 608 g/mol. The van der Waals surface area contributed by atoms with Crippen molar-refractivity contribution in [2.75, 3.05) is 26.2 Å². The second kappa shape index (κ2) is 14.4. The second-order valence-corrected chi connectivity index (χ2v) is 12.8. The van der Waals surface area contributed by atoms with Crippen molar-refractivity contribution in [3.8, 4) is 33.6 Å². The van der Waals surface area contributed by atoms with E-state index in [0.717, 1.165) is 78.2 Å². The number of likely N-dealkylation sites (tertiary alicyclic amines) is 2. The molecule has 48 heavy (non-hydrogen) atoms. The maximum atomic E-state index is 13.3. The number of hydrogen-bond donors (Lipinski definition) is 4. The van der Waals surface area contributed by atoms with Crippen LogP contribution in [0.2, 0.25) is 0 Å². The number of imidazole rings is 2. The minimum Gasteiger partial charge on any atom is -0.436 e. The van der Waals surface area contributed by atoms with Gasteiger partial charge in [0.15, 0.2) is 6.10 Å². The van der Waals surface area contributed by atoms with Crippen LogP contribution in [-0.4, -0.2) is 79.9 Å². The van der Waals surface area contributed by atoms with Gasteiger partial charge in [0, 0.05) is 13.1 Å². The topological polar surface area (TPSA) is 162 Å². The van der Waals surface area contributed by atoms with E-state index in [1.54, 1.807) is 11.1 Å². The molecule has 0 saturated carbocycles. The van der Waals surface area contributed by atoms with Crippen molar-refractivity contribution in [3.05, 3.63) is 72.6 Å². The zero-order chi connectivity index (χ0) is 33.8. The quantitative estimate of drug-likeness (QED) is 0.173. The summed E-state index contributed by atoms with van der Waals surface area (Å²) in [5.41, 5.74) is 11.2. The normalized spacial score (nSPS) is 18.4. The molecule has 3 atom stereocenters. The Bertz CT molecular complexity index is 1730. The van der Waals surface area contributed by atoms with Crippen LogP contribution in [0.5, 0.6) is 0 Å². The predicted octanol–water partition coefficient (Wildman–Crippen LogP) is 5.19. The molecule has 4 heterocycles. The molecule has 12 heteroatoms. The number of nitrogens with two attached hydrogens (primary N) is 1. The smallest absolute Gasteiger partial charge is 0.405 e. The van der Waals surface area contributed by atoms with Gasteiger partial charge in [0.1, 0.15) is 11.6 Å². The van der Waals surface area contributed by atoms with Crippen molar-refractivity contribution in [1.29, 1.82) is 0 Å². The number of nitrogens with zero attached hydrogens (tertiary/aromatic N) is 4. The molecule has 12 nitrogen and oxygen atoms in total. The fourth-order valence-corrected chi connectivity index (χ4v) is 6.75. The zero-order valence-electron chi connectivity index (χ0n) is 27.7. The first kappa shape index (κ1) is 33.0. The van der Waals surface area contributed by atoms with Gasteiger partial charge in [-0.2, -0.15) is 0 Å². The van der Waals surface area contributed by atoms with E-state index in [2.05, 4.69) is 73.8 Å². The Balaban J connectivity index is 1.11. The number of rotatable bonds is 11. The number of aromatic nitrogens is 4. The van der Waals surface area contributed by atoms with E-state index in [0.29, 0.717) is 18.9 Å². The lowest BCUT2D eigenvalue weighted by atomic mass is 10.0. The maximum Gasteiger partial charge on any atom is 0.405 e. The van der Waals surface area contributed by atoms with Crippen molar-refractivity contribution in [1.82, 2.24) is 35.1 Å². The summed E-state index contributed by atoms with van der Waals surface area (Å²) < 4.78 is 5.16. The molecule has 6 rings (SSSR count). The molecule has 0 unspecified atom stereocenters. The van der Waals surface area contributed by atoms with Crippen LogP contribution in [0.15, 0.2) is 60.9 Å². The number of hydrogen-bond acceptors (Lipinski definition) is 7. The highest BCUT2D eigenvalue weighted by Gasteiger charge is 2.38. The molecule has 0 bridgehead atoms. The van der Waals surface area contributed by atoms with Crippen molar-refractivity contribution in [3.63, 3.8) is 0 Å².